The molecule has 0 radical (unpaired) electrons. The Balaban J connectivity index is 2.12. The SMILES string of the molecule is COCCOCCOCCOC(=O)c1cc(S)ccc1Cl. The summed E-state index contributed by atoms with van der Waals surface area (Å²) in [6.07, 6.45) is 0. The van der Waals surface area contributed by atoms with Crippen molar-refractivity contribution >= 4 is 30.2 Å². The van der Waals surface area contributed by atoms with Crippen molar-refractivity contribution in [3.63, 3.8) is 0 Å². The third kappa shape index (κ3) is 7.68. The molecule has 0 amide bonds. The maximum atomic E-state index is 11.8. The number of halogens is 1. The first-order valence-corrected chi connectivity index (χ1v) is 7.27. The summed E-state index contributed by atoms with van der Waals surface area (Å²) in [6, 6.07) is 4.88. The molecule has 0 aliphatic rings. The number of ether oxygens (including phenoxy) is 4. The topological polar surface area (TPSA) is 54.0 Å². The van der Waals surface area contributed by atoms with Crippen LogP contribution in [0.1, 0.15) is 10.4 Å². The number of rotatable bonds is 10. The van der Waals surface area contributed by atoms with E-state index >= 15 is 0 Å². The highest BCUT2D eigenvalue weighted by Gasteiger charge is 2.11. The first-order valence-electron chi connectivity index (χ1n) is 6.45. The largest absolute Gasteiger partial charge is 0.460 e. The molecule has 0 saturated heterocycles. The normalized spacial score (nSPS) is 10.6. The molecule has 0 aliphatic heterocycles. The zero-order valence-electron chi connectivity index (χ0n) is 11.8. The van der Waals surface area contributed by atoms with Crippen molar-refractivity contribution in [2.75, 3.05) is 46.8 Å². The van der Waals surface area contributed by atoms with Crippen molar-refractivity contribution in [2.24, 2.45) is 0 Å². The van der Waals surface area contributed by atoms with E-state index in [-0.39, 0.29) is 6.61 Å². The molecule has 5 nitrogen and oxygen atoms in total. The van der Waals surface area contributed by atoms with Crippen LogP contribution in [0.25, 0.3) is 0 Å². The van der Waals surface area contributed by atoms with Gasteiger partial charge in [-0.25, -0.2) is 4.79 Å². The van der Waals surface area contributed by atoms with E-state index in [0.29, 0.717) is 48.5 Å². The fourth-order valence-corrected chi connectivity index (χ4v) is 1.80. The number of esters is 1. The van der Waals surface area contributed by atoms with Gasteiger partial charge in [-0.2, -0.15) is 0 Å². The van der Waals surface area contributed by atoms with E-state index < -0.39 is 5.97 Å². The van der Waals surface area contributed by atoms with Gasteiger partial charge in [-0.1, -0.05) is 11.6 Å². The molecule has 21 heavy (non-hydrogen) atoms. The number of hydrogen-bond acceptors (Lipinski definition) is 6. The monoisotopic (exact) mass is 334 g/mol. The Morgan fingerprint density at radius 3 is 2.38 bits per heavy atom. The van der Waals surface area contributed by atoms with Gasteiger partial charge in [-0.05, 0) is 18.2 Å². The van der Waals surface area contributed by atoms with Gasteiger partial charge in [0.25, 0.3) is 0 Å². The fraction of sp³-hybridized carbons (Fsp3) is 0.500. The van der Waals surface area contributed by atoms with Crippen molar-refractivity contribution < 1.29 is 23.7 Å². The summed E-state index contributed by atoms with van der Waals surface area (Å²) < 4.78 is 20.4. The number of thiol groups is 1. The van der Waals surface area contributed by atoms with Crippen molar-refractivity contribution in [3.05, 3.63) is 28.8 Å². The van der Waals surface area contributed by atoms with Crippen LogP contribution < -0.4 is 0 Å². The fourth-order valence-electron chi connectivity index (χ4n) is 1.40. The quantitative estimate of drug-likeness (QED) is 0.405. The molecule has 118 valence electrons. The molecule has 0 heterocycles. The second-order valence-electron chi connectivity index (χ2n) is 4.02. The third-order valence-corrected chi connectivity index (χ3v) is 3.04. The zero-order chi connectivity index (χ0) is 15.5. The van der Waals surface area contributed by atoms with E-state index in [1.807, 2.05) is 0 Å². The van der Waals surface area contributed by atoms with E-state index in [2.05, 4.69) is 12.6 Å². The molecule has 1 aromatic carbocycles. The van der Waals surface area contributed by atoms with Crippen LogP contribution in [-0.4, -0.2) is 52.7 Å². The van der Waals surface area contributed by atoms with E-state index in [1.54, 1.807) is 25.3 Å². The van der Waals surface area contributed by atoms with Crippen molar-refractivity contribution in [2.45, 2.75) is 4.90 Å². The van der Waals surface area contributed by atoms with Crippen molar-refractivity contribution in [1.29, 1.82) is 0 Å². The number of carbonyl (C=O) groups is 1. The minimum absolute atomic E-state index is 0.157. The first-order chi connectivity index (χ1) is 10.1. The Bertz CT molecular complexity index is 441. The lowest BCUT2D eigenvalue weighted by Crippen LogP contribution is -2.14. The molecule has 0 spiro atoms. The molecule has 7 heteroatoms. The molecule has 1 rings (SSSR count). The van der Waals surface area contributed by atoms with Gasteiger partial charge in [0.15, 0.2) is 0 Å². The Morgan fingerprint density at radius 1 is 1.10 bits per heavy atom. The molecule has 1 aromatic rings. The highest BCUT2D eigenvalue weighted by atomic mass is 35.5. The van der Waals surface area contributed by atoms with Crippen LogP contribution in [0.3, 0.4) is 0 Å². The van der Waals surface area contributed by atoms with Gasteiger partial charge >= 0.3 is 5.97 Å². The minimum Gasteiger partial charge on any atom is -0.460 e. The maximum Gasteiger partial charge on any atom is 0.339 e. The van der Waals surface area contributed by atoms with Crippen LogP contribution in [0.4, 0.5) is 0 Å². The van der Waals surface area contributed by atoms with Crippen LogP contribution in [0.2, 0.25) is 5.02 Å². The molecule has 0 atom stereocenters. The van der Waals surface area contributed by atoms with E-state index in [1.165, 1.54) is 0 Å². The highest BCUT2D eigenvalue weighted by molar-refractivity contribution is 7.80. The Labute approximate surface area is 134 Å². The first kappa shape index (κ1) is 18.3. The molecular weight excluding hydrogens is 316 g/mol. The second-order valence-corrected chi connectivity index (χ2v) is 4.94. The molecule has 0 saturated carbocycles. The summed E-state index contributed by atoms with van der Waals surface area (Å²) >= 11 is 10.1. The molecule has 0 aromatic heterocycles. The second kappa shape index (κ2) is 10.9. The molecule has 0 N–H and O–H groups in total. The maximum absolute atomic E-state index is 11.8. The molecular formula is C14H19ClO5S. The summed E-state index contributed by atoms with van der Waals surface area (Å²) in [5.41, 5.74) is 0.298. The van der Waals surface area contributed by atoms with Gasteiger partial charge in [0.1, 0.15) is 6.61 Å². The Morgan fingerprint density at radius 2 is 1.71 bits per heavy atom. The van der Waals surface area contributed by atoms with Gasteiger partial charge in [-0.3, -0.25) is 0 Å². The average Bonchev–Trinajstić information content (AvgIpc) is 2.48. The standard InChI is InChI=1S/C14H19ClO5S/c1-17-4-5-18-6-7-19-8-9-20-14(16)12-10-11(21)2-3-13(12)15/h2-3,10,21H,4-9H2,1H3. The van der Waals surface area contributed by atoms with Crippen LogP contribution in [0, 0.1) is 0 Å². The van der Waals surface area contributed by atoms with Gasteiger partial charge in [-0.15, -0.1) is 12.6 Å². The van der Waals surface area contributed by atoms with E-state index in [0.717, 1.165) is 0 Å². The summed E-state index contributed by atoms with van der Waals surface area (Å²) in [4.78, 5) is 12.4. The highest BCUT2D eigenvalue weighted by Crippen LogP contribution is 2.20. The summed E-state index contributed by atoms with van der Waals surface area (Å²) in [7, 11) is 1.61. The number of methoxy groups -OCH3 is 1. The lowest BCUT2D eigenvalue weighted by atomic mass is 10.2. The molecule has 0 fully saturated rings. The number of benzene rings is 1. The van der Waals surface area contributed by atoms with Crippen LogP contribution in [0.15, 0.2) is 23.1 Å². The van der Waals surface area contributed by atoms with Gasteiger partial charge in [0.2, 0.25) is 0 Å². The summed E-state index contributed by atoms with van der Waals surface area (Å²) in [6.45, 7) is 2.47. The van der Waals surface area contributed by atoms with Gasteiger partial charge in [0, 0.05) is 12.0 Å². The minimum atomic E-state index is -0.490. The molecule has 0 bridgehead atoms. The molecule has 0 aliphatic carbocycles. The van der Waals surface area contributed by atoms with Crippen LogP contribution in [0.5, 0.6) is 0 Å². The zero-order valence-corrected chi connectivity index (χ0v) is 13.5. The molecule has 0 unspecified atom stereocenters. The van der Waals surface area contributed by atoms with E-state index in [9.17, 15) is 4.79 Å². The van der Waals surface area contributed by atoms with Crippen molar-refractivity contribution in [1.82, 2.24) is 0 Å². The van der Waals surface area contributed by atoms with Gasteiger partial charge in [0.05, 0.1) is 43.6 Å². The average molecular weight is 335 g/mol. The predicted molar refractivity (Wildman–Crippen MR) is 82.5 cm³/mol. The Hall–Kier alpha value is -0.790. The predicted octanol–water partition coefficient (Wildman–Crippen LogP) is 2.47. The Kier molecular flexibility index (Phi) is 9.45. The summed E-state index contributed by atoms with van der Waals surface area (Å²) in [5, 5.41) is 0.338. The van der Waals surface area contributed by atoms with Crippen molar-refractivity contribution in [3.8, 4) is 0 Å². The lowest BCUT2D eigenvalue weighted by Gasteiger charge is -2.08. The van der Waals surface area contributed by atoms with Crippen LogP contribution in [-0.2, 0) is 18.9 Å². The van der Waals surface area contributed by atoms with E-state index in [4.69, 9.17) is 30.5 Å². The lowest BCUT2D eigenvalue weighted by molar-refractivity contribution is 0.00570. The number of carbonyl (C=O) groups excluding carboxylic acids is 1. The number of hydrogen-bond donors (Lipinski definition) is 1. The smallest absolute Gasteiger partial charge is 0.339 e. The summed E-state index contributed by atoms with van der Waals surface area (Å²) in [5.74, 6) is -0.490. The van der Waals surface area contributed by atoms with Crippen LogP contribution >= 0.6 is 24.2 Å². The third-order valence-electron chi connectivity index (χ3n) is 2.43. The van der Waals surface area contributed by atoms with Gasteiger partial charge < -0.3 is 18.9 Å².